The van der Waals surface area contributed by atoms with Gasteiger partial charge in [0.25, 0.3) is 5.56 Å². The minimum absolute atomic E-state index is 0.0217. The summed E-state index contributed by atoms with van der Waals surface area (Å²) in [6, 6.07) is -0.289. The molecule has 1 aliphatic rings. The molecule has 0 unspecified atom stereocenters. The molecule has 5 N–H and O–H groups in total. The maximum absolute atomic E-state index is 11.9. The van der Waals surface area contributed by atoms with E-state index in [-0.39, 0.29) is 12.1 Å². The Kier molecular flexibility index (Phi) is 3.37. The third-order valence-corrected chi connectivity index (χ3v) is 4.40. The number of aromatic nitrogens is 2. The van der Waals surface area contributed by atoms with Gasteiger partial charge in [-0.1, -0.05) is 0 Å². The molecule has 0 aliphatic heterocycles. The van der Waals surface area contributed by atoms with E-state index in [1.165, 1.54) is 0 Å². The van der Waals surface area contributed by atoms with Crippen molar-refractivity contribution < 1.29 is 8.42 Å². The molecular formula is C9H14N4O4S. The van der Waals surface area contributed by atoms with Crippen LogP contribution in [0.5, 0.6) is 0 Å². The molecule has 0 aromatic carbocycles. The zero-order chi connectivity index (χ0) is 13.3. The van der Waals surface area contributed by atoms with Crippen LogP contribution < -0.4 is 21.7 Å². The van der Waals surface area contributed by atoms with Crippen LogP contribution in [0, 0.1) is 0 Å². The van der Waals surface area contributed by atoms with Gasteiger partial charge in [-0.3, -0.25) is 9.78 Å². The van der Waals surface area contributed by atoms with Gasteiger partial charge in [0.2, 0.25) is 10.0 Å². The summed E-state index contributed by atoms with van der Waals surface area (Å²) >= 11 is 0. The number of rotatable bonds is 3. The lowest BCUT2D eigenvalue weighted by molar-refractivity contribution is 0.547. The Bertz CT molecular complexity index is 647. The zero-order valence-corrected chi connectivity index (χ0v) is 10.3. The van der Waals surface area contributed by atoms with Gasteiger partial charge in [0.1, 0.15) is 0 Å². The Morgan fingerprint density at radius 3 is 2.61 bits per heavy atom. The highest BCUT2D eigenvalue weighted by atomic mass is 32.2. The largest absolute Gasteiger partial charge is 0.328 e. The first-order valence-electron chi connectivity index (χ1n) is 5.48. The van der Waals surface area contributed by atoms with E-state index >= 15 is 0 Å². The molecule has 1 aromatic rings. The number of sulfonamides is 1. The summed E-state index contributed by atoms with van der Waals surface area (Å²) in [5, 5.41) is 0. The molecule has 0 amide bonds. The summed E-state index contributed by atoms with van der Waals surface area (Å²) in [4.78, 5) is 25.7. The van der Waals surface area contributed by atoms with Crippen molar-refractivity contribution in [3.63, 3.8) is 0 Å². The number of H-pyrrole nitrogens is 2. The summed E-state index contributed by atoms with van der Waals surface area (Å²) in [5.74, 6) is 0. The molecule has 1 fully saturated rings. The second-order valence-corrected chi connectivity index (χ2v) is 6.01. The van der Waals surface area contributed by atoms with Gasteiger partial charge in [0, 0.05) is 18.3 Å². The van der Waals surface area contributed by atoms with Gasteiger partial charge >= 0.3 is 5.69 Å². The third kappa shape index (κ3) is 2.68. The molecule has 2 rings (SSSR count). The van der Waals surface area contributed by atoms with Crippen molar-refractivity contribution in [1.29, 1.82) is 0 Å². The number of nitrogens with one attached hydrogen (secondary N) is 3. The molecule has 2 atom stereocenters. The summed E-state index contributed by atoms with van der Waals surface area (Å²) in [5.41, 5.74) is 4.00. The second-order valence-electron chi connectivity index (χ2n) is 4.33. The van der Waals surface area contributed by atoms with Crippen LogP contribution in [-0.2, 0) is 10.0 Å². The highest BCUT2D eigenvalue weighted by molar-refractivity contribution is 7.89. The Morgan fingerprint density at radius 1 is 1.33 bits per heavy atom. The average molecular weight is 274 g/mol. The number of hydrogen-bond acceptors (Lipinski definition) is 5. The van der Waals surface area contributed by atoms with Gasteiger partial charge < -0.3 is 10.7 Å². The fourth-order valence-electron chi connectivity index (χ4n) is 2.00. The standard InChI is InChI=1S/C9H14N4O4S/c10-5-1-2-6(3-5)13-18(16,17)7-4-11-9(15)12-8(7)14/h4-6,13H,1-3,10H2,(H2,11,12,14,15)/t5-,6-/m0/s1. The van der Waals surface area contributed by atoms with Crippen LogP contribution >= 0.6 is 0 Å². The predicted molar refractivity (Wildman–Crippen MR) is 63.6 cm³/mol. The number of aromatic amines is 2. The quantitative estimate of drug-likeness (QED) is 0.516. The first kappa shape index (κ1) is 13.0. The Balaban J connectivity index is 2.26. The van der Waals surface area contributed by atoms with Gasteiger partial charge in [-0.2, -0.15) is 0 Å². The van der Waals surface area contributed by atoms with Crippen LogP contribution in [0.3, 0.4) is 0 Å². The molecule has 0 radical (unpaired) electrons. The smallest absolute Gasteiger partial charge is 0.325 e. The topological polar surface area (TPSA) is 138 Å². The Labute approximate surface area is 103 Å². The van der Waals surface area contributed by atoms with Crippen molar-refractivity contribution in [1.82, 2.24) is 14.7 Å². The lowest BCUT2D eigenvalue weighted by Gasteiger charge is -2.11. The number of nitrogens with two attached hydrogens (primary N) is 1. The van der Waals surface area contributed by atoms with Crippen LogP contribution in [0.2, 0.25) is 0 Å². The second kappa shape index (κ2) is 4.67. The first-order chi connectivity index (χ1) is 8.38. The van der Waals surface area contributed by atoms with Crippen LogP contribution in [0.4, 0.5) is 0 Å². The van der Waals surface area contributed by atoms with Gasteiger partial charge in [-0.05, 0) is 19.3 Å². The minimum atomic E-state index is -3.93. The van der Waals surface area contributed by atoms with Crippen molar-refractivity contribution in [3.8, 4) is 0 Å². The molecule has 100 valence electrons. The summed E-state index contributed by atoms with van der Waals surface area (Å²) < 4.78 is 26.3. The summed E-state index contributed by atoms with van der Waals surface area (Å²) in [7, 11) is -3.93. The third-order valence-electron chi connectivity index (χ3n) is 2.87. The van der Waals surface area contributed by atoms with E-state index in [0.717, 1.165) is 12.6 Å². The Hall–Kier alpha value is -1.45. The summed E-state index contributed by atoms with van der Waals surface area (Å²) in [6.45, 7) is 0. The molecule has 0 saturated heterocycles. The van der Waals surface area contributed by atoms with Gasteiger partial charge in [0.15, 0.2) is 4.90 Å². The van der Waals surface area contributed by atoms with E-state index < -0.39 is 26.2 Å². The van der Waals surface area contributed by atoms with E-state index in [1.807, 2.05) is 4.98 Å². The normalized spacial score (nSPS) is 24.3. The fourth-order valence-corrected chi connectivity index (χ4v) is 3.29. The molecule has 0 bridgehead atoms. The SMILES string of the molecule is N[C@H]1CC[C@H](NS(=O)(=O)c2c[nH]c(=O)[nH]c2=O)C1. The van der Waals surface area contributed by atoms with E-state index in [9.17, 15) is 18.0 Å². The maximum atomic E-state index is 11.9. The van der Waals surface area contributed by atoms with E-state index in [1.54, 1.807) is 0 Å². The van der Waals surface area contributed by atoms with Crippen LogP contribution in [0.15, 0.2) is 20.7 Å². The maximum Gasteiger partial charge on any atom is 0.325 e. The molecule has 9 heteroatoms. The highest BCUT2D eigenvalue weighted by Gasteiger charge is 2.28. The van der Waals surface area contributed by atoms with E-state index in [2.05, 4.69) is 9.71 Å². The van der Waals surface area contributed by atoms with Crippen LogP contribution in [0.25, 0.3) is 0 Å². The molecule has 8 nitrogen and oxygen atoms in total. The fraction of sp³-hybridized carbons (Fsp3) is 0.556. The van der Waals surface area contributed by atoms with E-state index in [0.29, 0.717) is 12.8 Å². The van der Waals surface area contributed by atoms with Crippen molar-refractivity contribution in [2.24, 2.45) is 5.73 Å². The predicted octanol–water partition coefficient (Wildman–Crippen LogP) is -1.78. The van der Waals surface area contributed by atoms with Crippen molar-refractivity contribution in [3.05, 3.63) is 27.0 Å². The summed E-state index contributed by atoms with van der Waals surface area (Å²) in [6.07, 6.45) is 2.82. The monoisotopic (exact) mass is 274 g/mol. The van der Waals surface area contributed by atoms with Crippen molar-refractivity contribution in [2.75, 3.05) is 0 Å². The van der Waals surface area contributed by atoms with Gasteiger partial charge in [0.05, 0.1) is 0 Å². The van der Waals surface area contributed by atoms with Crippen LogP contribution in [0.1, 0.15) is 19.3 Å². The molecule has 1 saturated carbocycles. The van der Waals surface area contributed by atoms with Gasteiger partial charge in [-0.25, -0.2) is 17.9 Å². The molecule has 1 aromatic heterocycles. The van der Waals surface area contributed by atoms with Crippen molar-refractivity contribution in [2.45, 2.75) is 36.2 Å². The number of hydrogen-bond donors (Lipinski definition) is 4. The Morgan fingerprint density at radius 2 is 2.06 bits per heavy atom. The zero-order valence-electron chi connectivity index (χ0n) is 9.47. The lowest BCUT2D eigenvalue weighted by atomic mass is 10.2. The highest BCUT2D eigenvalue weighted by Crippen LogP contribution is 2.18. The van der Waals surface area contributed by atoms with Gasteiger partial charge in [-0.15, -0.1) is 0 Å². The van der Waals surface area contributed by atoms with Crippen molar-refractivity contribution >= 4 is 10.0 Å². The van der Waals surface area contributed by atoms with Crippen LogP contribution in [-0.4, -0.2) is 30.5 Å². The molecular weight excluding hydrogens is 260 g/mol. The minimum Gasteiger partial charge on any atom is -0.328 e. The molecule has 18 heavy (non-hydrogen) atoms. The molecule has 1 heterocycles. The average Bonchev–Trinajstić information content (AvgIpc) is 2.62. The lowest BCUT2D eigenvalue weighted by Crippen LogP contribution is -2.38. The molecule has 0 spiro atoms. The molecule has 1 aliphatic carbocycles. The first-order valence-corrected chi connectivity index (χ1v) is 6.97. The van der Waals surface area contributed by atoms with E-state index in [4.69, 9.17) is 5.73 Å².